The Hall–Kier alpha value is -1.63. The number of anilines is 1. The van der Waals surface area contributed by atoms with Gasteiger partial charge < -0.3 is 10.4 Å². The lowest BCUT2D eigenvalue weighted by atomic mass is 10.1. The number of hydrogen-bond acceptors (Lipinski definition) is 4. The predicted molar refractivity (Wildman–Crippen MR) is 69.9 cm³/mol. The fourth-order valence-corrected chi connectivity index (χ4v) is 1.97. The average molecular weight is 271 g/mol. The third-order valence-electron chi connectivity index (χ3n) is 2.36. The highest BCUT2D eigenvalue weighted by atomic mass is 32.1. The molecule has 0 fully saturated rings. The Morgan fingerprint density at radius 1 is 1.56 bits per heavy atom. The van der Waals surface area contributed by atoms with Gasteiger partial charge in [0.25, 0.3) is 0 Å². The van der Waals surface area contributed by atoms with E-state index in [1.54, 1.807) is 6.92 Å². The summed E-state index contributed by atoms with van der Waals surface area (Å²) in [6, 6.07) is -0.313. The zero-order chi connectivity index (χ0) is 13.5. The van der Waals surface area contributed by atoms with Gasteiger partial charge in [-0.25, -0.2) is 9.78 Å². The molecule has 6 nitrogen and oxygen atoms in total. The number of carboxylic acids is 1. The molecule has 1 atom stereocenters. The van der Waals surface area contributed by atoms with Crippen LogP contribution in [-0.2, 0) is 4.79 Å². The lowest BCUT2D eigenvalue weighted by molar-refractivity contribution is -0.141. The van der Waals surface area contributed by atoms with Crippen LogP contribution in [0.4, 0.5) is 9.93 Å². The van der Waals surface area contributed by atoms with Crippen molar-refractivity contribution in [3.05, 3.63) is 11.1 Å². The van der Waals surface area contributed by atoms with Crippen LogP contribution in [0.5, 0.6) is 0 Å². The van der Waals surface area contributed by atoms with Gasteiger partial charge in [0.1, 0.15) is 0 Å². The summed E-state index contributed by atoms with van der Waals surface area (Å²) in [7, 11) is 0. The fourth-order valence-electron chi connectivity index (χ4n) is 1.29. The van der Waals surface area contributed by atoms with Gasteiger partial charge in [0.2, 0.25) is 0 Å². The van der Waals surface area contributed by atoms with Crippen LogP contribution in [0.15, 0.2) is 5.38 Å². The van der Waals surface area contributed by atoms with Crippen LogP contribution >= 0.6 is 11.3 Å². The smallest absolute Gasteiger partial charge is 0.321 e. The minimum absolute atomic E-state index is 0.313. The maximum Gasteiger partial charge on any atom is 0.321 e. The molecule has 0 aromatic carbocycles. The minimum atomic E-state index is -0.808. The molecule has 100 valence electrons. The minimum Gasteiger partial charge on any atom is -0.481 e. The molecule has 0 spiro atoms. The van der Waals surface area contributed by atoms with Gasteiger partial charge in [-0.2, -0.15) is 0 Å². The molecule has 1 aromatic heterocycles. The van der Waals surface area contributed by atoms with Crippen molar-refractivity contribution in [1.82, 2.24) is 10.3 Å². The van der Waals surface area contributed by atoms with Crippen molar-refractivity contribution >= 4 is 28.5 Å². The molecule has 0 aliphatic rings. The molecule has 0 saturated carbocycles. The van der Waals surface area contributed by atoms with Gasteiger partial charge in [0.15, 0.2) is 5.13 Å². The molecule has 1 aromatic rings. The first-order chi connectivity index (χ1) is 8.49. The van der Waals surface area contributed by atoms with Crippen molar-refractivity contribution in [3.8, 4) is 0 Å². The van der Waals surface area contributed by atoms with Crippen LogP contribution < -0.4 is 10.6 Å². The first kappa shape index (κ1) is 14.4. The number of carbonyl (C=O) groups excluding carboxylic acids is 1. The van der Waals surface area contributed by atoms with E-state index in [0.29, 0.717) is 24.5 Å². The number of urea groups is 1. The van der Waals surface area contributed by atoms with E-state index in [-0.39, 0.29) is 11.9 Å². The van der Waals surface area contributed by atoms with Crippen LogP contribution in [0.3, 0.4) is 0 Å². The van der Waals surface area contributed by atoms with Crippen LogP contribution in [0.2, 0.25) is 0 Å². The number of aryl methyl sites for hydroxylation is 1. The number of hydrogen-bond donors (Lipinski definition) is 3. The number of aliphatic carboxylic acids is 1. The lowest BCUT2D eigenvalue weighted by Crippen LogP contribution is -2.29. The summed E-state index contributed by atoms with van der Waals surface area (Å²) in [4.78, 5) is 26.1. The Labute approximate surface area is 109 Å². The summed E-state index contributed by atoms with van der Waals surface area (Å²) in [6.07, 6.45) is 1.18. The Morgan fingerprint density at radius 2 is 2.28 bits per heavy atom. The van der Waals surface area contributed by atoms with E-state index in [4.69, 9.17) is 5.11 Å². The molecular formula is C11H17N3O3S. The van der Waals surface area contributed by atoms with Crippen molar-refractivity contribution in [3.63, 3.8) is 0 Å². The first-order valence-electron chi connectivity index (χ1n) is 5.69. The maximum absolute atomic E-state index is 11.4. The Balaban J connectivity index is 2.16. The van der Waals surface area contributed by atoms with Gasteiger partial charge in [0.05, 0.1) is 11.6 Å². The average Bonchev–Trinajstić information content (AvgIpc) is 2.69. The number of nitrogens with zero attached hydrogens (tertiary/aromatic N) is 1. The van der Waals surface area contributed by atoms with E-state index in [0.717, 1.165) is 5.69 Å². The molecule has 0 bridgehead atoms. The van der Waals surface area contributed by atoms with Crippen molar-refractivity contribution in [2.24, 2.45) is 5.92 Å². The predicted octanol–water partition coefficient (Wildman–Crippen LogP) is 2.07. The first-order valence-corrected chi connectivity index (χ1v) is 6.57. The van der Waals surface area contributed by atoms with E-state index in [9.17, 15) is 9.59 Å². The van der Waals surface area contributed by atoms with Crippen LogP contribution in [0, 0.1) is 12.8 Å². The molecule has 3 N–H and O–H groups in total. The number of amides is 2. The summed E-state index contributed by atoms with van der Waals surface area (Å²) in [6.45, 7) is 3.96. The van der Waals surface area contributed by atoms with Crippen molar-refractivity contribution < 1.29 is 14.7 Å². The number of nitrogens with one attached hydrogen (secondary N) is 2. The van der Waals surface area contributed by atoms with E-state index >= 15 is 0 Å². The summed E-state index contributed by atoms with van der Waals surface area (Å²) in [5.74, 6) is -1.19. The summed E-state index contributed by atoms with van der Waals surface area (Å²) in [5.41, 5.74) is 0.866. The van der Waals surface area contributed by atoms with E-state index in [1.807, 2.05) is 12.3 Å². The van der Waals surface area contributed by atoms with Crippen LogP contribution in [0.25, 0.3) is 0 Å². The summed E-state index contributed by atoms with van der Waals surface area (Å²) in [5, 5.41) is 16.4. The number of carbonyl (C=O) groups is 2. The second-order valence-corrected chi connectivity index (χ2v) is 4.91. The third-order valence-corrected chi connectivity index (χ3v) is 3.24. The van der Waals surface area contributed by atoms with Gasteiger partial charge in [-0.1, -0.05) is 6.92 Å². The molecule has 18 heavy (non-hydrogen) atoms. The highest BCUT2D eigenvalue weighted by Gasteiger charge is 2.10. The largest absolute Gasteiger partial charge is 0.481 e. The van der Waals surface area contributed by atoms with E-state index in [1.165, 1.54) is 11.3 Å². The van der Waals surface area contributed by atoms with Gasteiger partial charge in [-0.05, 0) is 19.8 Å². The molecule has 2 amide bonds. The SMILES string of the molecule is Cc1csc(NC(=O)NCCCC(C)C(=O)O)n1. The Kier molecular flexibility index (Phi) is 5.57. The van der Waals surface area contributed by atoms with Crippen LogP contribution in [-0.4, -0.2) is 28.6 Å². The molecule has 7 heteroatoms. The van der Waals surface area contributed by atoms with Gasteiger partial charge in [-0.3, -0.25) is 10.1 Å². The fraction of sp³-hybridized carbons (Fsp3) is 0.545. The van der Waals surface area contributed by atoms with E-state index in [2.05, 4.69) is 15.6 Å². The highest BCUT2D eigenvalue weighted by Crippen LogP contribution is 2.13. The number of rotatable bonds is 6. The number of aromatic nitrogens is 1. The summed E-state index contributed by atoms with van der Waals surface area (Å²) < 4.78 is 0. The quantitative estimate of drug-likeness (QED) is 0.691. The highest BCUT2D eigenvalue weighted by molar-refractivity contribution is 7.13. The second kappa shape index (κ2) is 6.95. The molecule has 1 heterocycles. The monoisotopic (exact) mass is 271 g/mol. The third kappa shape index (κ3) is 5.13. The maximum atomic E-state index is 11.4. The van der Waals surface area contributed by atoms with Gasteiger partial charge >= 0.3 is 12.0 Å². The van der Waals surface area contributed by atoms with Crippen molar-refractivity contribution in [1.29, 1.82) is 0 Å². The molecule has 0 aliphatic heterocycles. The molecule has 1 rings (SSSR count). The molecule has 0 radical (unpaired) electrons. The molecular weight excluding hydrogens is 254 g/mol. The number of carboxylic acid groups (broad SMARTS) is 1. The van der Waals surface area contributed by atoms with E-state index < -0.39 is 5.97 Å². The van der Waals surface area contributed by atoms with Gasteiger partial charge in [0, 0.05) is 11.9 Å². The second-order valence-electron chi connectivity index (χ2n) is 4.06. The number of thiazole rings is 1. The van der Waals surface area contributed by atoms with Crippen molar-refractivity contribution in [2.45, 2.75) is 26.7 Å². The zero-order valence-electron chi connectivity index (χ0n) is 10.4. The molecule has 0 aliphatic carbocycles. The zero-order valence-corrected chi connectivity index (χ0v) is 11.2. The lowest BCUT2D eigenvalue weighted by Gasteiger charge is -2.07. The van der Waals surface area contributed by atoms with Gasteiger partial charge in [-0.15, -0.1) is 11.3 Å². The molecule has 1 unspecified atom stereocenters. The Morgan fingerprint density at radius 3 is 2.83 bits per heavy atom. The van der Waals surface area contributed by atoms with Crippen molar-refractivity contribution in [2.75, 3.05) is 11.9 Å². The standard InChI is InChI=1S/C11H17N3O3S/c1-7(9(15)16)4-3-5-12-10(17)14-11-13-8(2)6-18-11/h6-7H,3-5H2,1-2H3,(H,15,16)(H2,12,13,14,17). The summed E-state index contributed by atoms with van der Waals surface area (Å²) >= 11 is 1.37. The topological polar surface area (TPSA) is 91.3 Å². The van der Waals surface area contributed by atoms with Crippen LogP contribution in [0.1, 0.15) is 25.5 Å². The normalized spacial score (nSPS) is 11.9. The molecule has 0 saturated heterocycles. The Bertz CT molecular complexity index is 419.